The topological polar surface area (TPSA) is 51.0 Å². The van der Waals surface area contributed by atoms with Gasteiger partial charge in [0.2, 0.25) is 0 Å². The van der Waals surface area contributed by atoms with Crippen molar-refractivity contribution in [1.82, 2.24) is 19.7 Å². The molecule has 1 aliphatic heterocycles. The van der Waals surface area contributed by atoms with Gasteiger partial charge in [0, 0.05) is 36.5 Å². The van der Waals surface area contributed by atoms with Gasteiger partial charge in [-0.2, -0.15) is 5.10 Å². The third-order valence-electron chi connectivity index (χ3n) is 5.63. The molecule has 5 nitrogen and oxygen atoms in total. The summed E-state index contributed by atoms with van der Waals surface area (Å²) in [5, 5.41) is 5.53. The van der Waals surface area contributed by atoms with E-state index in [9.17, 15) is 4.79 Å². The molecule has 1 aliphatic rings. The Kier molecular flexibility index (Phi) is 4.64. The number of para-hydroxylation sites is 1. The minimum absolute atomic E-state index is 0.108. The van der Waals surface area contributed by atoms with Gasteiger partial charge in [-0.05, 0) is 62.2 Å². The molecule has 0 radical (unpaired) electrons. The molecule has 1 amide bonds. The predicted octanol–water partition coefficient (Wildman–Crippen LogP) is 4.81. The maximum absolute atomic E-state index is 12.9. The van der Waals surface area contributed by atoms with E-state index in [0.717, 1.165) is 48.4 Å². The van der Waals surface area contributed by atoms with Crippen LogP contribution in [0.25, 0.3) is 15.9 Å². The maximum atomic E-state index is 12.9. The minimum Gasteiger partial charge on any atom is -0.339 e. The van der Waals surface area contributed by atoms with Gasteiger partial charge in [0.25, 0.3) is 5.91 Å². The quantitative estimate of drug-likeness (QED) is 0.494. The Morgan fingerprint density at radius 2 is 1.79 bits per heavy atom. The molecule has 2 aromatic heterocycles. The molecular formula is C23H22N4OS. The van der Waals surface area contributed by atoms with Crippen molar-refractivity contribution in [3.63, 3.8) is 0 Å². The van der Waals surface area contributed by atoms with Crippen LogP contribution in [0.4, 0.5) is 0 Å². The SMILES string of the molecule is Cc1ccnn1-c1ccc(C(=O)N2CCC(c3nc4ccccc4s3)CC2)cc1. The second-order valence-electron chi connectivity index (χ2n) is 7.52. The number of amides is 1. The van der Waals surface area contributed by atoms with Crippen LogP contribution < -0.4 is 0 Å². The molecule has 0 spiro atoms. The van der Waals surface area contributed by atoms with Gasteiger partial charge in [-0.3, -0.25) is 4.79 Å². The van der Waals surface area contributed by atoms with E-state index >= 15 is 0 Å². The number of hydrogen-bond donors (Lipinski definition) is 0. The average Bonchev–Trinajstić information content (AvgIpc) is 3.39. The first kappa shape index (κ1) is 18.1. The highest BCUT2D eigenvalue weighted by Crippen LogP contribution is 2.34. The lowest BCUT2D eigenvalue weighted by molar-refractivity contribution is 0.0713. The van der Waals surface area contributed by atoms with E-state index < -0.39 is 0 Å². The summed E-state index contributed by atoms with van der Waals surface area (Å²) in [4.78, 5) is 19.7. The number of fused-ring (bicyclic) bond motifs is 1. The van der Waals surface area contributed by atoms with Crippen molar-refractivity contribution in [2.75, 3.05) is 13.1 Å². The molecular weight excluding hydrogens is 380 g/mol. The number of rotatable bonds is 3. The summed E-state index contributed by atoms with van der Waals surface area (Å²) >= 11 is 1.79. The van der Waals surface area contributed by atoms with Crippen LogP contribution in [0.15, 0.2) is 60.8 Å². The summed E-state index contributed by atoms with van der Waals surface area (Å²) in [5.41, 5.74) is 3.86. The molecule has 29 heavy (non-hydrogen) atoms. The molecule has 3 heterocycles. The standard InChI is InChI=1S/C23H22N4OS/c1-16-10-13-24-27(16)19-8-6-18(7-9-19)23(28)26-14-11-17(12-15-26)22-25-20-4-2-3-5-21(20)29-22/h2-10,13,17H,11-12,14-15H2,1H3. The smallest absolute Gasteiger partial charge is 0.253 e. The van der Waals surface area contributed by atoms with Gasteiger partial charge in [-0.1, -0.05) is 12.1 Å². The van der Waals surface area contributed by atoms with Crippen LogP contribution in [0.1, 0.15) is 39.8 Å². The first-order valence-corrected chi connectivity index (χ1v) is 10.8. The largest absolute Gasteiger partial charge is 0.339 e. The molecule has 0 atom stereocenters. The summed E-state index contributed by atoms with van der Waals surface area (Å²) in [6.07, 6.45) is 3.72. The van der Waals surface area contributed by atoms with E-state index in [1.54, 1.807) is 17.5 Å². The fourth-order valence-corrected chi connectivity index (χ4v) is 5.10. The van der Waals surface area contributed by atoms with Crippen molar-refractivity contribution in [1.29, 1.82) is 0 Å². The van der Waals surface area contributed by atoms with Gasteiger partial charge in [0.05, 0.1) is 20.9 Å². The molecule has 2 aromatic carbocycles. The second-order valence-corrected chi connectivity index (χ2v) is 8.58. The van der Waals surface area contributed by atoms with Crippen molar-refractivity contribution in [3.8, 4) is 5.69 Å². The van der Waals surface area contributed by atoms with Crippen LogP contribution in [0, 0.1) is 6.92 Å². The van der Waals surface area contributed by atoms with E-state index in [-0.39, 0.29) is 5.91 Å². The number of aromatic nitrogens is 3. The third kappa shape index (κ3) is 3.44. The van der Waals surface area contributed by atoms with E-state index in [4.69, 9.17) is 4.98 Å². The van der Waals surface area contributed by atoms with Crippen molar-refractivity contribution >= 4 is 27.5 Å². The normalized spacial score (nSPS) is 15.1. The Morgan fingerprint density at radius 1 is 1.03 bits per heavy atom. The van der Waals surface area contributed by atoms with E-state index in [2.05, 4.69) is 23.3 Å². The van der Waals surface area contributed by atoms with Crippen molar-refractivity contribution in [2.24, 2.45) is 0 Å². The number of piperidine rings is 1. The highest BCUT2D eigenvalue weighted by molar-refractivity contribution is 7.18. The van der Waals surface area contributed by atoms with E-state index in [1.807, 2.05) is 52.9 Å². The number of aryl methyl sites for hydroxylation is 1. The number of likely N-dealkylation sites (tertiary alicyclic amines) is 1. The zero-order valence-corrected chi connectivity index (χ0v) is 17.1. The van der Waals surface area contributed by atoms with Crippen LogP contribution in [0.5, 0.6) is 0 Å². The molecule has 0 aliphatic carbocycles. The van der Waals surface area contributed by atoms with Crippen molar-refractivity contribution < 1.29 is 4.79 Å². The summed E-state index contributed by atoms with van der Waals surface area (Å²) in [7, 11) is 0. The Morgan fingerprint density at radius 3 is 2.48 bits per heavy atom. The summed E-state index contributed by atoms with van der Waals surface area (Å²) in [6.45, 7) is 3.57. The predicted molar refractivity (Wildman–Crippen MR) is 116 cm³/mol. The molecule has 1 saturated heterocycles. The van der Waals surface area contributed by atoms with Gasteiger partial charge >= 0.3 is 0 Å². The van der Waals surface area contributed by atoms with Crippen LogP contribution in [0.3, 0.4) is 0 Å². The Hall–Kier alpha value is -2.99. The van der Waals surface area contributed by atoms with Crippen LogP contribution >= 0.6 is 11.3 Å². The van der Waals surface area contributed by atoms with E-state index in [0.29, 0.717) is 5.92 Å². The lowest BCUT2D eigenvalue weighted by atomic mass is 9.97. The Balaban J connectivity index is 1.25. The number of carbonyl (C=O) groups excluding carboxylic acids is 1. The lowest BCUT2D eigenvalue weighted by Gasteiger charge is -2.31. The first-order valence-electron chi connectivity index (χ1n) is 9.95. The average molecular weight is 403 g/mol. The molecule has 1 fully saturated rings. The van der Waals surface area contributed by atoms with Crippen molar-refractivity contribution in [3.05, 3.63) is 77.1 Å². The summed E-state index contributed by atoms with van der Waals surface area (Å²) in [5.74, 6) is 0.554. The van der Waals surface area contributed by atoms with Crippen LogP contribution in [-0.2, 0) is 0 Å². The number of nitrogens with zero attached hydrogens (tertiary/aromatic N) is 4. The molecule has 0 N–H and O–H groups in total. The minimum atomic E-state index is 0.108. The van der Waals surface area contributed by atoms with Gasteiger partial charge in [0.1, 0.15) is 0 Å². The Bertz CT molecular complexity index is 1120. The van der Waals surface area contributed by atoms with Crippen molar-refractivity contribution in [2.45, 2.75) is 25.7 Å². The molecule has 4 aromatic rings. The number of carbonyl (C=O) groups is 1. The number of hydrogen-bond acceptors (Lipinski definition) is 4. The zero-order chi connectivity index (χ0) is 19.8. The van der Waals surface area contributed by atoms with Crippen LogP contribution in [0.2, 0.25) is 0 Å². The van der Waals surface area contributed by atoms with Crippen LogP contribution in [-0.4, -0.2) is 38.7 Å². The molecule has 146 valence electrons. The fourth-order valence-electron chi connectivity index (χ4n) is 3.96. The van der Waals surface area contributed by atoms with Gasteiger partial charge in [-0.25, -0.2) is 9.67 Å². The third-order valence-corrected chi connectivity index (χ3v) is 6.83. The number of benzene rings is 2. The fraction of sp³-hybridized carbons (Fsp3) is 0.261. The summed E-state index contributed by atoms with van der Waals surface area (Å²) in [6, 6.07) is 18.0. The molecule has 0 saturated carbocycles. The van der Waals surface area contributed by atoms with Gasteiger partial charge < -0.3 is 4.90 Å². The highest BCUT2D eigenvalue weighted by Gasteiger charge is 2.26. The van der Waals surface area contributed by atoms with Gasteiger partial charge in [-0.15, -0.1) is 11.3 Å². The highest BCUT2D eigenvalue weighted by atomic mass is 32.1. The molecule has 6 heteroatoms. The van der Waals surface area contributed by atoms with E-state index in [1.165, 1.54) is 9.71 Å². The molecule has 5 rings (SSSR count). The molecule has 0 unspecified atom stereocenters. The monoisotopic (exact) mass is 402 g/mol. The zero-order valence-electron chi connectivity index (χ0n) is 16.3. The first-order chi connectivity index (χ1) is 14.2. The number of thiazole rings is 1. The lowest BCUT2D eigenvalue weighted by Crippen LogP contribution is -2.37. The summed E-state index contributed by atoms with van der Waals surface area (Å²) < 4.78 is 3.12. The second kappa shape index (κ2) is 7.44. The van der Waals surface area contributed by atoms with Gasteiger partial charge in [0.15, 0.2) is 0 Å². The Labute approximate surface area is 173 Å². The molecule has 0 bridgehead atoms. The maximum Gasteiger partial charge on any atom is 0.253 e.